The molecule has 1 rings (SSSR count). The quantitative estimate of drug-likeness (QED) is 0.696. The lowest BCUT2D eigenvalue weighted by Crippen LogP contribution is -2.49. The SMILES string of the molecule is O=C(O)CNCC1CCCN(C(=O)NCC(F)(F)F)C1. The molecular formula is C11H18F3N3O3. The Morgan fingerprint density at radius 1 is 1.35 bits per heavy atom. The summed E-state index contributed by atoms with van der Waals surface area (Å²) in [6, 6.07) is -0.731. The average Bonchev–Trinajstić information content (AvgIpc) is 2.35. The molecule has 6 nitrogen and oxygen atoms in total. The van der Waals surface area contributed by atoms with Gasteiger partial charge in [-0.3, -0.25) is 4.79 Å². The van der Waals surface area contributed by atoms with Crippen LogP contribution in [-0.2, 0) is 4.79 Å². The van der Waals surface area contributed by atoms with Gasteiger partial charge in [0, 0.05) is 19.6 Å². The highest BCUT2D eigenvalue weighted by atomic mass is 19.4. The molecule has 0 aromatic carbocycles. The van der Waals surface area contributed by atoms with Gasteiger partial charge in [0.2, 0.25) is 0 Å². The number of piperidine rings is 1. The van der Waals surface area contributed by atoms with E-state index in [1.807, 2.05) is 5.32 Å². The van der Waals surface area contributed by atoms with Crippen molar-refractivity contribution in [3.8, 4) is 0 Å². The second kappa shape index (κ2) is 7.32. The van der Waals surface area contributed by atoms with Crippen molar-refractivity contribution >= 4 is 12.0 Å². The van der Waals surface area contributed by atoms with Crippen LogP contribution in [0.15, 0.2) is 0 Å². The molecule has 0 saturated carbocycles. The Hall–Kier alpha value is -1.51. The minimum Gasteiger partial charge on any atom is -0.480 e. The highest BCUT2D eigenvalue weighted by Crippen LogP contribution is 2.17. The van der Waals surface area contributed by atoms with Crippen molar-refractivity contribution in [3.05, 3.63) is 0 Å². The van der Waals surface area contributed by atoms with Crippen molar-refractivity contribution in [2.24, 2.45) is 5.92 Å². The molecule has 1 aliphatic rings. The largest absolute Gasteiger partial charge is 0.480 e. The molecule has 1 aliphatic heterocycles. The van der Waals surface area contributed by atoms with E-state index < -0.39 is 24.7 Å². The number of likely N-dealkylation sites (tertiary alicyclic amines) is 1. The van der Waals surface area contributed by atoms with Gasteiger partial charge in [-0.15, -0.1) is 0 Å². The fraction of sp³-hybridized carbons (Fsp3) is 0.818. The first-order valence-electron chi connectivity index (χ1n) is 6.30. The van der Waals surface area contributed by atoms with Crippen molar-refractivity contribution in [2.45, 2.75) is 19.0 Å². The van der Waals surface area contributed by atoms with Gasteiger partial charge in [0.05, 0.1) is 6.54 Å². The maximum Gasteiger partial charge on any atom is 0.405 e. The Bertz CT molecular complexity index is 350. The van der Waals surface area contributed by atoms with Gasteiger partial charge in [0.15, 0.2) is 0 Å². The van der Waals surface area contributed by atoms with Crippen LogP contribution in [0.1, 0.15) is 12.8 Å². The van der Waals surface area contributed by atoms with Gasteiger partial charge < -0.3 is 20.6 Å². The van der Waals surface area contributed by atoms with Crippen LogP contribution in [0.2, 0.25) is 0 Å². The van der Waals surface area contributed by atoms with E-state index in [0.29, 0.717) is 26.1 Å². The van der Waals surface area contributed by atoms with Crippen LogP contribution in [-0.4, -0.2) is 60.9 Å². The summed E-state index contributed by atoms with van der Waals surface area (Å²) >= 11 is 0. The van der Waals surface area contributed by atoms with Gasteiger partial charge in [-0.1, -0.05) is 0 Å². The van der Waals surface area contributed by atoms with E-state index in [-0.39, 0.29) is 12.5 Å². The third-order valence-corrected chi connectivity index (χ3v) is 2.96. The maximum atomic E-state index is 12.0. The Morgan fingerprint density at radius 2 is 2.05 bits per heavy atom. The molecule has 1 heterocycles. The smallest absolute Gasteiger partial charge is 0.405 e. The fourth-order valence-electron chi connectivity index (χ4n) is 2.09. The summed E-state index contributed by atoms with van der Waals surface area (Å²) in [6.07, 6.45) is -2.91. The third-order valence-electron chi connectivity index (χ3n) is 2.96. The van der Waals surface area contributed by atoms with E-state index in [9.17, 15) is 22.8 Å². The van der Waals surface area contributed by atoms with Crippen LogP contribution < -0.4 is 10.6 Å². The molecule has 9 heteroatoms. The van der Waals surface area contributed by atoms with Gasteiger partial charge in [-0.2, -0.15) is 13.2 Å². The minimum atomic E-state index is -4.42. The summed E-state index contributed by atoms with van der Waals surface area (Å²) in [6.45, 7) is -0.341. The topological polar surface area (TPSA) is 81.7 Å². The van der Waals surface area contributed by atoms with Crippen LogP contribution in [0.3, 0.4) is 0 Å². The van der Waals surface area contributed by atoms with Crippen molar-refractivity contribution in [1.82, 2.24) is 15.5 Å². The zero-order valence-electron chi connectivity index (χ0n) is 10.9. The van der Waals surface area contributed by atoms with Gasteiger partial charge in [0.1, 0.15) is 6.54 Å². The van der Waals surface area contributed by atoms with Gasteiger partial charge in [0.25, 0.3) is 0 Å². The van der Waals surface area contributed by atoms with E-state index >= 15 is 0 Å². The molecule has 0 aliphatic carbocycles. The Labute approximate surface area is 114 Å². The Morgan fingerprint density at radius 3 is 2.65 bits per heavy atom. The highest BCUT2D eigenvalue weighted by Gasteiger charge is 2.30. The highest BCUT2D eigenvalue weighted by molar-refractivity contribution is 5.74. The third kappa shape index (κ3) is 6.60. The van der Waals surface area contributed by atoms with Crippen molar-refractivity contribution in [3.63, 3.8) is 0 Å². The van der Waals surface area contributed by atoms with Crippen LogP contribution in [0, 0.1) is 5.92 Å². The number of urea groups is 1. The number of carboxylic acids is 1. The predicted octanol–water partition coefficient (Wildman–Crippen LogP) is 0.644. The molecule has 3 N–H and O–H groups in total. The molecule has 0 aromatic heterocycles. The fourth-order valence-corrected chi connectivity index (χ4v) is 2.09. The number of alkyl halides is 3. The lowest BCUT2D eigenvalue weighted by Gasteiger charge is -2.33. The number of hydrogen-bond donors (Lipinski definition) is 3. The summed E-state index contributed by atoms with van der Waals surface area (Å²) in [4.78, 5) is 23.3. The van der Waals surface area contributed by atoms with Crippen molar-refractivity contribution in [1.29, 1.82) is 0 Å². The van der Waals surface area contributed by atoms with Crippen LogP contribution >= 0.6 is 0 Å². The molecule has 20 heavy (non-hydrogen) atoms. The van der Waals surface area contributed by atoms with Crippen molar-refractivity contribution < 1.29 is 27.9 Å². The van der Waals surface area contributed by atoms with Crippen LogP contribution in [0.5, 0.6) is 0 Å². The predicted molar refractivity (Wildman–Crippen MR) is 64.3 cm³/mol. The number of rotatable bonds is 5. The second-order valence-electron chi connectivity index (χ2n) is 4.75. The van der Waals surface area contributed by atoms with E-state index in [2.05, 4.69) is 5.32 Å². The maximum absolute atomic E-state index is 12.0. The summed E-state index contributed by atoms with van der Waals surface area (Å²) in [5.74, 6) is -0.916. The molecule has 0 radical (unpaired) electrons. The molecule has 1 atom stereocenters. The molecule has 1 saturated heterocycles. The second-order valence-corrected chi connectivity index (χ2v) is 4.75. The van der Waals surface area contributed by atoms with Crippen LogP contribution in [0.25, 0.3) is 0 Å². The Balaban J connectivity index is 2.32. The monoisotopic (exact) mass is 297 g/mol. The van der Waals surface area contributed by atoms with E-state index in [1.165, 1.54) is 4.90 Å². The summed E-state index contributed by atoms with van der Waals surface area (Å²) in [7, 11) is 0. The zero-order valence-corrected chi connectivity index (χ0v) is 10.9. The first-order valence-corrected chi connectivity index (χ1v) is 6.30. The summed E-state index contributed by atoms with van der Waals surface area (Å²) in [5.41, 5.74) is 0. The lowest BCUT2D eigenvalue weighted by atomic mass is 9.98. The molecule has 0 bridgehead atoms. The van der Waals surface area contributed by atoms with Crippen molar-refractivity contribution in [2.75, 3.05) is 32.7 Å². The lowest BCUT2D eigenvalue weighted by molar-refractivity contribution is -0.136. The molecule has 116 valence electrons. The molecule has 1 unspecified atom stereocenters. The average molecular weight is 297 g/mol. The standard InChI is InChI=1S/C11H18F3N3O3/c12-11(13,14)7-16-10(20)17-3-1-2-8(6-17)4-15-5-9(18)19/h8,15H,1-7H2,(H,16,20)(H,18,19). The number of nitrogens with zero attached hydrogens (tertiary/aromatic N) is 1. The normalized spacial score (nSPS) is 19.8. The summed E-state index contributed by atoms with van der Waals surface area (Å²) in [5, 5.41) is 13.1. The number of carbonyl (C=O) groups is 2. The zero-order chi connectivity index (χ0) is 15.2. The molecule has 1 fully saturated rings. The van der Waals surface area contributed by atoms with Gasteiger partial charge in [-0.05, 0) is 18.8 Å². The minimum absolute atomic E-state index is 0.0553. The number of carboxylic acid groups (broad SMARTS) is 1. The van der Waals surface area contributed by atoms with Gasteiger partial charge >= 0.3 is 18.2 Å². The number of amides is 2. The number of aliphatic carboxylic acids is 1. The number of halogens is 3. The number of carbonyl (C=O) groups excluding carboxylic acids is 1. The van der Waals surface area contributed by atoms with E-state index in [4.69, 9.17) is 5.11 Å². The first kappa shape index (κ1) is 16.5. The van der Waals surface area contributed by atoms with Crippen LogP contribution in [0.4, 0.5) is 18.0 Å². The van der Waals surface area contributed by atoms with E-state index in [0.717, 1.165) is 6.42 Å². The Kier molecular flexibility index (Phi) is 6.05. The molecule has 0 aromatic rings. The van der Waals surface area contributed by atoms with Gasteiger partial charge in [-0.25, -0.2) is 4.79 Å². The summed E-state index contributed by atoms with van der Waals surface area (Å²) < 4.78 is 36.0. The number of hydrogen-bond acceptors (Lipinski definition) is 3. The number of nitrogens with one attached hydrogen (secondary N) is 2. The van der Waals surface area contributed by atoms with E-state index in [1.54, 1.807) is 0 Å². The molecular weight excluding hydrogens is 279 g/mol. The molecule has 2 amide bonds. The first-order chi connectivity index (χ1) is 9.28. The molecule has 0 spiro atoms.